The molecule has 2 heteroatoms. The first kappa shape index (κ1) is 14.6. The lowest BCUT2D eigenvalue weighted by Gasteiger charge is -2.16. The maximum atomic E-state index is 10.4. The van der Waals surface area contributed by atoms with Gasteiger partial charge in [0.15, 0.2) is 0 Å². The van der Waals surface area contributed by atoms with E-state index in [2.05, 4.69) is 13.0 Å². The number of hydrogen-bond acceptors (Lipinski definition) is 2. The van der Waals surface area contributed by atoms with Gasteiger partial charge in [-0.1, -0.05) is 49.7 Å². The van der Waals surface area contributed by atoms with Crippen LogP contribution in [0.25, 0.3) is 11.1 Å². The summed E-state index contributed by atoms with van der Waals surface area (Å²) in [6, 6.07) is 11.8. The highest BCUT2D eigenvalue weighted by Crippen LogP contribution is 2.35. The minimum absolute atomic E-state index is 0.0119. The first-order valence-corrected chi connectivity index (χ1v) is 7.19. The molecule has 0 aliphatic carbocycles. The fraction of sp³-hybridized carbons (Fsp3) is 0.333. The van der Waals surface area contributed by atoms with Gasteiger partial charge in [0, 0.05) is 5.56 Å². The van der Waals surface area contributed by atoms with Gasteiger partial charge in [-0.05, 0) is 42.0 Å². The van der Waals surface area contributed by atoms with Crippen LogP contribution in [0.15, 0.2) is 36.4 Å². The van der Waals surface area contributed by atoms with Gasteiger partial charge in [-0.25, -0.2) is 0 Å². The monoisotopic (exact) mass is 270 g/mol. The second-order valence-corrected chi connectivity index (χ2v) is 5.18. The molecule has 106 valence electrons. The number of aliphatic hydroxyl groups is 1. The molecule has 2 aromatic rings. The number of phenolic OH excluding ortho intramolecular Hbond substituents is 1. The zero-order valence-corrected chi connectivity index (χ0v) is 12.2. The zero-order valence-electron chi connectivity index (χ0n) is 12.2. The predicted octanol–water partition coefficient (Wildman–Crippen LogP) is 4.20. The van der Waals surface area contributed by atoms with E-state index >= 15 is 0 Å². The van der Waals surface area contributed by atoms with E-state index in [1.165, 1.54) is 0 Å². The van der Waals surface area contributed by atoms with E-state index < -0.39 is 0 Å². The molecule has 0 aliphatic heterocycles. The molecule has 0 fully saturated rings. The van der Waals surface area contributed by atoms with Crippen LogP contribution in [-0.4, -0.2) is 10.2 Å². The van der Waals surface area contributed by atoms with Crippen LogP contribution in [0.3, 0.4) is 0 Å². The Kier molecular flexibility index (Phi) is 4.80. The number of phenols is 1. The maximum absolute atomic E-state index is 10.4. The molecule has 0 aliphatic rings. The molecule has 0 saturated heterocycles. The van der Waals surface area contributed by atoms with Crippen molar-refractivity contribution in [3.05, 3.63) is 53.1 Å². The van der Waals surface area contributed by atoms with Gasteiger partial charge < -0.3 is 10.2 Å². The smallest absolute Gasteiger partial charge is 0.122 e. The van der Waals surface area contributed by atoms with Crippen molar-refractivity contribution in [2.75, 3.05) is 0 Å². The third kappa shape index (κ3) is 2.86. The van der Waals surface area contributed by atoms with Crippen molar-refractivity contribution >= 4 is 0 Å². The number of benzene rings is 2. The number of hydrogen-bond donors (Lipinski definition) is 2. The predicted molar refractivity (Wildman–Crippen MR) is 82.8 cm³/mol. The maximum Gasteiger partial charge on any atom is 0.122 e. The molecule has 0 amide bonds. The molecule has 0 heterocycles. The largest absolute Gasteiger partial charge is 0.507 e. The highest BCUT2D eigenvalue weighted by Gasteiger charge is 2.13. The molecular weight excluding hydrogens is 248 g/mol. The van der Waals surface area contributed by atoms with E-state index in [-0.39, 0.29) is 6.61 Å². The minimum atomic E-state index is 0.0119. The Morgan fingerprint density at radius 1 is 1.00 bits per heavy atom. The summed E-state index contributed by atoms with van der Waals surface area (Å²) in [6.07, 6.45) is 3.00. The summed E-state index contributed by atoms with van der Waals surface area (Å²) in [6.45, 7) is 4.08. The quantitative estimate of drug-likeness (QED) is 0.854. The number of unbranched alkanes of at least 4 members (excludes halogenated alkanes) is 1. The van der Waals surface area contributed by atoms with Crippen LogP contribution in [-0.2, 0) is 13.0 Å². The van der Waals surface area contributed by atoms with Crippen molar-refractivity contribution in [3.8, 4) is 16.9 Å². The molecule has 0 spiro atoms. The Morgan fingerprint density at radius 3 is 2.45 bits per heavy atom. The fourth-order valence-electron chi connectivity index (χ4n) is 2.53. The molecule has 2 rings (SSSR count). The van der Waals surface area contributed by atoms with Gasteiger partial charge in [-0.3, -0.25) is 0 Å². The van der Waals surface area contributed by atoms with Gasteiger partial charge in [0.2, 0.25) is 0 Å². The molecular formula is C18H22O2. The Balaban J connectivity index is 2.58. The second-order valence-electron chi connectivity index (χ2n) is 5.18. The lowest BCUT2D eigenvalue weighted by molar-refractivity contribution is 0.282. The fourth-order valence-corrected chi connectivity index (χ4v) is 2.53. The summed E-state index contributed by atoms with van der Waals surface area (Å²) in [5.41, 5.74) is 4.84. The summed E-state index contributed by atoms with van der Waals surface area (Å²) in [5, 5.41) is 19.9. The van der Waals surface area contributed by atoms with E-state index in [1.807, 2.05) is 37.3 Å². The average molecular weight is 270 g/mol. The summed E-state index contributed by atoms with van der Waals surface area (Å²) >= 11 is 0. The molecule has 2 N–H and O–H groups in total. The number of aryl methyl sites for hydroxylation is 1. The summed E-state index contributed by atoms with van der Waals surface area (Å²) < 4.78 is 0. The second kappa shape index (κ2) is 6.58. The van der Waals surface area contributed by atoms with Crippen LogP contribution in [0.5, 0.6) is 5.75 Å². The Bertz CT molecular complexity index is 588. The van der Waals surface area contributed by atoms with Crippen molar-refractivity contribution in [1.82, 2.24) is 0 Å². The highest BCUT2D eigenvalue weighted by molar-refractivity contribution is 5.73. The zero-order chi connectivity index (χ0) is 14.5. The lowest BCUT2D eigenvalue weighted by atomic mass is 9.91. The molecule has 0 radical (unpaired) electrons. The van der Waals surface area contributed by atoms with Crippen molar-refractivity contribution < 1.29 is 10.2 Å². The molecule has 2 aromatic carbocycles. The van der Waals surface area contributed by atoms with Gasteiger partial charge in [-0.15, -0.1) is 0 Å². The molecule has 0 unspecified atom stereocenters. The molecule has 2 nitrogen and oxygen atoms in total. The third-order valence-electron chi connectivity index (χ3n) is 3.74. The van der Waals surface area contributed by atoms with E-state index in [4.69, 9.17) is 0 Å². The van der Waals surface area contributed by atoms with E-state index in [0.29, 0.717) is 5.75 Å². The first-order valence-electron chi connectivity index (χ1n) is 7.19. The van der Waals surface area contributed by atoms with Crippen LogP contribution in [0.2, 0.25) is 0 Å². The van der Waals surface area contributed by atoms with Crippen molar-refractivity contribution in [2.45, 2.75) is 39.7 Å². The summed E-state index contributed by atoms with van der Waals surface area (Å²) in [7, 11) is 0. The summed E-state index contributed by atoms with van der Waals surface area (Å²) in [5.74, 6) is 0.392. The highest BCUT2D eigenvalue weighted by atomic mass is 16.3. The van der Waals surface area contributed by atoms with Gasteiger partial charge >= 0.3 is 0 Å². The average Bonchev–Trinajstić information content (AvgIpc) is 2.48. The standard InChI is InChI=1S/C18H22O2/c1-3-4-8-17-16(11-10-13(2)18(17)20)15-9-6-5-7-14(15)12-19/h5-7,9-11,19-20H,3-4,8,12H2,1-2H3. The number of aliphatic hydroxyl groups excluding tert-OH is 1. The SMILES string of the molecule is CCCCc1c(-c2ccccc2CO)ccc(C)c1O. The van der Waals surface area contributed by atoms with Gasteiger partial charge in [-0.2, -0.15) is 0 Å². The van der Waals surface area contributed by atoms with Gasteiger partial charge in [0.05, 0.1) is 6.61 Å². The Labute approximate surface area is 120 Å². The van der Waals surface area contributed by atoms with E-state index in [1.54, 1.807) is 0 Å². The summed E-state index contributed by atoms with van der Waals surface area (Å²) in [4.78, 5) is 0. The van der Waals surface area contributed by atoms with Gasteiger partial charge in [0.25, 0.3) is 0 Å². The van der Waals surface area contributed by atoms with Crippen LogP contribution in [0.4, 0.5) is 0 Å². The van der Waals surface area contributed by atoms with E-state index in [9.17, 15) is 10.2 Å². The lowest BCUT2D eigenvalue weighted by Crippen LogP contribution is -1.96. The molecule has 0 bridgehead atoms. The normalized spacial score (nSPS) is 10.8. The molecule has 0 saturated carbocycles. The van der Waals surface area contributed by atoms with Crippen LogP contribution in [0.1, 0.15) is 36.5 Å². The van der Waals surface area contributed by atoms with Crippen LogP contribution in [0, 0.1) is 6.92 Å². The van der Waals surface area contributed by atoms with Crippen LogP contribution < -0.4 is 0 Å². The topological polar surface area (TPSA) is 40.5 Å². The van der Waals surface area contributed by atoms with Gasteiger partial charge in [0.1, 0.15) is 5.75 Å². The minimum Gasteiger partial charge on any atom is -0.507 e. The number of rotatable bonds is 5. The Morgan fingerprint density at radius 2 is 1.75 bits per heavy atom. The van der Waals surface area contributed by atoms with E-state index in [0.717, 1.165) is 47.1 Å². The van der Waals surface area contributed by atoms with Crippen LogP contribution >= 0.6 is 0 Å². The third-order valence-corrected chi connectivity index (χ3v) is 3.74. The van der Waals surface area contributed by atoms with Crippen molar-refractivity contribution in [3.63, 3.8) is 0 Å². The first-order chi connectivity index (χ1) is 9.69. The molecule has 20 heavy (non-hydrogen) atoms. The molecule has 0 atom stereocenters. The Hall–Kier alpha value is -1.80. The van der Waals surface area contributed by atoms with Crippen molar-refractivity contribution in [2.24, 2.45) is 0 Å². The number of aromatic hydroxyl groups is 1. The molecule has 0 aromatic heterocycles. The van der Waals surface area contributed by atoms with Crippen molar-refractivity contribution in [1.29, 1.82) is 0 Å².